The van der Waals surface area contributed by atoms with E-state index in [0.717, 1.165) is 0 Å². The highest BCUT2D eigenvalue weighted by Crippen LogP contribution is 2.29. The van der Waals surface area contributed by atoms with Gasteiger partial charge in [0.1, 0.15) is 17.3 Å². The summed E-state index contributed by atoms with van der Waals surface area (Å²) in [4.78, 5) is 31.9. The molecule has 1 aromatic heterocycles. The first-order valence-electron chi connectivity index (χ1n) is 8.31. The Morgan fingerprint density at radius 3 is 2.39 bits per heavy atom. The number of benzene rings is 2. The molecule has 28 heavy (non-hydrogen) atoms. The van der Waals surface area contributed by atoms with Crippen molar-refractivity contribution in [2.45, 2.75) is 6.92 Å². The summed E-state index contributed by atoms with van der Waals surface area (Å²) in [6, 6.07) is 11.8. The number of nitrogens with zero attached hydrogens (tertiary/aromatic N) is 2. The van der Waals surface area contributed by atoms with Crippen LogP contribution >= 0.6 is 11.6 Å². The molecule has 2 N–H and O–H groups in total. The number of amides is 1. The van der Waals surface area contributed by atoms with Crippen LogP contribution in [0, 0.1) is 0 Å². The molecule has 0 radical (unpaired) electrons. The van der Waals surface area contributed by atoms with E-state index in [4.69, 9.17) is 16.3 Å². The van der Waals surface area contributed by atoms with Crippen molar-refractivity contribution in [1.29, 1.82) is 0 Å². The van der Waals surface area contributed by atoms with E-state index in [1.807, 2.05) is 0 Å². The van der Waals surface area contributed by atoms with Gasteiger partial charge in [0.15, 0.2) is 5.78 Å². The molecule has 0 aliphatic carbocycles. The summed E-state index contributed by atoms with van der Waals surface area (Å²) in [6.45, 7) is 1.48. The summed E-state index contributed by atoms with van der Waals surface area (Å²) >= 11 is 6.01. The van der Waals surface area contributed by atoms with Crippen molar-refractivity contribution < 1.29 is 14.3 Å². The summed E-state index contributed by atoms with van der Waals surface area (Å²) in [5.41, 5.74) is 1.92. The summed E-state index contributed by atoms with van der Waals surface area (Å²) < 4.78 is 5.27. The van der Waals surface area contributed by atoms with Gasteiger partial charge in [-0.3, -0.25) is 9.59 Å². The number of ketones is 1. The molecule has 0 spiro atoms. The molecule has 1 amide bonds. The quantitative estimate of drug-likeness (QED) is 0.602. The summed E-state index contributed by atoms with van der Waals surface area (Å²) in [7, 11) is 1.55. The number of aromatic nitrogens is 2. The monoisotopic (exact) mass is 396 g/mol. The minimum Gasteiger partial charge on any atom is -0.495 e. The fourth-order valence-electron chi connectivity index (χ4n) is 2.41. The highest BCUT2D eigenvalue weighted by molar-refractivity contribution is 6.31. The van der Waals surface area contributed by atoms with Gasteiger partial charge in [-0.1, -0.05) is 11.6 Å². The zero-order valence-corrected chi connectivity index (χ0v) is 15.9. The first kappa shape index (κ1) is 19.3. The van der Waals surface area contributed by atoms with Crippen molar-refractivity contribution in [3.8, 4) is 5.75 Å². The maximum Gasteiger partial charge on any atom is 0.275 e. The molecule has 0 saturated heterocycles. The van der Waals surface area contributed by atoms with Gasteiger partial charge in [-0.2, -0.15) is 0 Å². The van der Waals surface area contributed by atoms with Crippen molar-refractivity contribution in [1.82, 2.24) is 9.97 Å². The number of ether oxygens (including phenoxy) is 1. The molecule has 0 bridgehead atoms. The number of hydrogen-bond acceptors (Lipinski definition) is 6. The fraction of sp³-hybridized carbons (Fsp3) is 0.100. The Kier molecular flexibility index (Phi) is 5.86. The molecule has 0 atom stereocenters. The molecule has 0 saturated carbocycles. The van der Waals surface area contributed by atoms with Gasteiger partial charge >= 0.3 is 0 Å². The second-order valence-corrected chi connectivity index (χ2v) is 6.28. The molecule has 0 fully saturated rings. The Morgan fingerprint density at radius 2 is 1.79 bits per heavy atom. The highest BCUT2D eigenvalue weighted by Gasteiger charge is 2.10. The summed E-state index contributed by atoms with van der Waals surface area (Å²) in [5.74, 6) is 0.586. The van der Waals surface area contributed by atoms with Crippen LogP contribution < -0.4 is 15.4 Å². The second kappa shape index (κ2) is 8.49. The number of anilines is 3. The Labute approximate surface area is 166 Å². The Bertz CT molecular complexity index is 1000. The van der Waals surface area contributed by atoms with Gasteiger partial charge in [0.25, 0.3) is 5.91 Å². The number of carbonyl (C=O) groups excluding carboxylic acids is 2. The molecule has 3 aromatic rings. The zero-order valence-electron chi connectivity index (χ0n) is 15.2. The predicted octanol–water partition coefficient (Wildman–Crippen LogP) is 4.34. The lowest BCUT2D eigenvalue weighted by Crippen LogP contribution is -2.14. The molecule has 0 unspecified atom stereocenters. The third-order valence-electron chi connectivity index (χ3n) is 3.86. The highest BCUT2D eigenvalue weighted by atomic mass is 35.5. The van der Waals surface area contributed by atoms with E-state index < -0.39 is 5.91 Å². The van der Waals surface area contributed by atoms with Crippen molar-refractivity contribution in [2.75, 3.05) is 17.7 Å². The molecular formula is C20H17ClN4O3. The minimum atomic E-state index is -0.407. The smallest absolute Gasteiger partial charge is 0.275 e. The molecule has 7 nitrogen and oxygen atoms in total. The van der Waals surface area contributed by atoms with Crippen LogP contribution in [-0.2, 0) is 0 Å². The van der Waals surface area contributed by atoms with Crippen LogP contribution in [0.2, 0.25) is 5.02 Å². The number of halogens is 1. The van der Waals surface area contributed by atoms with E-state index in [2.05, 4.69) is 20.6 Å². The number of rotatable bonds is 6. The van der Waals surface area contributed by atoms with Gasteiger partial charge in [0.2, 0.25) is 0 Å². The number of carbonyl (C=O) groups is 2. The lowest BCUT2D eigenvalue weighted by molar-refractivity contribution is 0.101. The fourth-order valence-corrected chi connectivity index (χ4v) is 2.58. The van der Waals surface area contributed by atoms with Gasteiger partial charge in [0.05, 0.1) is 25.2 Å². The molecule has 3 rings (SSSR count). The van der Waals surface area contributed by atoms with Crippen molar-refractivity contribution in [3.63, 3.8) is 0 Å². The molecule has 8 heteroatoms. The van der Waals surface area contributed by atoms with Gasteiger partial charge in [-0.25, -0.2) is 9.97 Å². The van der Waals surface area contributed by atoms with Gasteiger partial charge in [-0.05, 0) is 49.4 Å². The van der Waals surface area contributed by atoms with Crippen LogP contribution in [0.1, 0.15) is 27.8 Å². The van der Waals surface area contributed by atoms with Crippen LogP contribution in [0.4, 0.5) is 17.2 Å². The van der Waals surface area contributed by atoms with Crippen LogP contribution in [0.15, 0.2) is 54.9 Å². The standard InChI is InChI=1S/C20H17ClN4O3/c1-12(26)13-3-6-15(7-4-13)24-20(27)17-10-23-19(11-22-17)25-16-9-14(21)5-8-18(16)28-2/h3-11H,1-2H3,(H,23,25)(H,24,27). The first-order chi connectivity index (χ1) is 13.5. The molecule has 0 aliphatic rings. The number of nitrogens with one attached hydrogen (secondary N) is 2. The zero-order chi connectivity index (χ0) is 20.1. The molecule has 142 valence electrons. The van der Waals surface area contributed by atoms with E-state index in [1.165, 1.54) is 19.3 Å². The van der Waals surface area contributed by atoms with E-state index >= 15 is 0 Å². The summed E-state index contributed by atoms with van der Waals surface area (Å²) in [5, 5.41) is 6.30. The average Bonchev–Trinajstić information content (AvgIpc) is 2.69. The topological polar surface area (TPSA) is 93.2 Å². The van der Waals surface area contributed by atoms with Gasteiger partial charge in [0, 0.05) is 16.3 Å². The Balaban J connectivity index is 1.69. The van der Waals surface area contributed by atoms with E-state index in [1.54, 1.807) is 49.6 Å². The first-order valence-corrected chi connectivity index (χ1v) is 8.69. The van der Waals surface area contributed by atoms with Crippen molar-refractivity contribution in [3.05, 3.63) is 71.1 Å². The van der Waals surface area contributed by atoms with Crippen LogP contribution in [0.5, 0.6) is 5.75 Å². The van der Waals surface area contributed by atoms with E-state index in [-0.39, 0.29) is 11.5 Å². The van der Waals surface area contributed by atoms with E-state index in [9.17, 15) is 9.59 Å². The van der Waals surface area contributed by atoms with Gasteiger partial charge < -0.3 is 15.4 Å². The minimum absolute atomic E-state index is 0.0387. The lowest BCUT2D eigenvalue weighted by atomic mass is 10.1. The van der Waals surface area contributed by atoms with Crippen molar-refractivity contribution in [2.24, 2.45) is 0 Å². The number of Topliss-reactive ketones (excluding diaryl/α,β-unsaturated/α-hetero) is 1. The Hall–Kier alpha value is -3.45. The lowest BCUT2D eigenvalue weighted by Gasteiger charge is -2.11. The largest absolute Gasteiger partial charge is 0.495 e. The second-order valence-electron chi connectivity index (χ2n) is 5.84. The maximum atomic E-state index is 12.3. The maximum absolute atomic E-state index is 12.3. The Morgan fingerprint density at radius 1 is 1.04 bits per heavy atom. The van der Waals surface area contributed by atoms with Crippen LogP contribution in [0.3, 0.4) is 0 Å². The average molecular weight is 397 g/mol. The molecular weight excluding hydrogens is 380 g/mol. The number of methoxy groups -OCH3 is 1. The van der Waals surface area contributed by atoms with Gasteiger partial charge in [-0.15, -0.1) is 0 Å². The molecule has 1 heterocycles. The van der Waals surface area contributed by atoms with Crippen LogP contribution in [0.25, 0.3) is 0 Å². The normalized spacial score (nSPS) is 10.2. The predicted molar refractivity (Wildman–Crippen MR) is 108 cm³/mol. The molecule has 0 aliphatic heterocycles. The summed E-state index contributed by atoms with van der Waals surface area (Å²) in [6.07, 6.45) is 2.80. The molecule has 2 aromatic carbocycles. The third kappa shape index (κ3) is 4.63. The van der Waals surface area contributed by atoms with E-state index in [0.29, 0.717) is 33.5 Å². The third-order valence-corrected chi connectivity index (χ3v) is 4.09. The van der Waals surface area contributed by atoms with Crippen LogP contribution in [-0.4, -0.2) is 28.8 Å². The SMILES string of the molecule is COc1ccc(Cl)cc1Nc1cnc(C(=O)Nc2ccc(C(C)=O)cc2)cn1. The van der Waals surface area contributed by atoms with Crippen molar-refractivity contribution >= 4 is 40.5 Å². The number of hydrogen-bond donors (Lipinski definition) is 2.